The van der Waals surface area contributed by atoms with Crippen LogP contribution in [0.1, 0.15) is 29.6 Å². The van der Waals surface area contributed by atoms with E-state index in [0.29, 0.717) is 31.6 Å². The zero-order chi connectivity index (χ0) is 17.2. The number of benzene rings is 1. The van der Waals surface area contributed by atoms with Gasteiger partial charge < -0.3 is 14.5 Å². The normalized spacial score (nSPS) is 22.5. The topological polar surface area (TPSA) is 32.8 Å². The van der Waals surface area contributed by atoms with E-state index < -0.39 is 18.1 Å². The molecule has 2 aliphatic heterocycles. The molecule has 7 heteroatoms. The second kappa shape index (κ2) is 7.01. The van der Waals surface area contributed by atoms with Crippen LogP contribution in [0.3, 0.4) is 0 Å². The number of hydrogen-bond acceptors (Lipinski definition) is 3. The Hall–Kier alpha value is -1.76. The fourth-order valence-corrected chi connectivity index (χ4v) is 3.32. The van der Waals surface area contributed by atoms with E-state index in [2.05, 4.69) is 4.90 Å². The van der Waals surface area contributed by atoms with E-state index in [-0.39, 0.29) is 13.0 Å². The average Bonchev–Trinajstić information content (AvgIpc) is 2.61. The Kier molecular flexibility index (Phi) is 4.99. The highest BCUT2D eigenvalue weighted by Gasteiger charge is 2.46. The van der Waals surface area contributed by atoms with Crippen LogP contribution < -0.4 is 4.90 Å². The third-order valence-electron chi connectivity index (χ3n) is 4.63. The number of rotatable bonds is 2. The minimum Gasteiger partial charge on any atom is -0.378 e. The molecule has 0 bridgehead atoms. The molecule has 2 heterocycles. The van der Waals surface area contributed by atoms with Crippen LogP contribution in [0, 0.1) is 0 Å². The van der Waals surface area contributed by atoms with Crippen molar-refractivity contribution in [2.45, 2.75) is 31.5 Å². The lowest BCUT2D eigenvalue weighted by atomic mass is 10.00. The van der Waals surface area contributed by atoms with Crippen molar-refractivity contribution in [2.75, 3.05) is 37.7 Å². The number of piperidine rings is 1. The first-order valence-electron chi connectivity index (χ1n) is 8.27. The SMILES string of the molecule is O=C(c1ccc(N2CCOCC2)cc1)N1CCCCC1C(F)(F)F. The van der Waals surface area contributed by atoms with Gasteiger partial charge in [-0.1, -0.05) is 0 Å². The van der Waals surface area contributed by atoms with Crippen LogP contribution >= 0.6 is 0 Å². The van der Waals surface area contributed by atoms with Crippen molar-refractivity contribution in [3.8, 4) is 0 Å². The van der Waals surface area contributed by atoms with Gasteiger partial charge in [-0.3, -0.25) is 4.79 Å². The Morgan fingerprint density at radius 1 is 1.04 bits per heavy atom. The van der Waals surface area contributed by atoms with Crippen LogP contribution in [0.5, 0.6) is 0 Å². The lowest BCUT2D eigenvalue weighted by Gasteiger charge is -2.37. The van der Waals surface area contributed by atoms with Gasteiger partial charge in [-0.15, -0.1) is 0 Å². The Labute approximate surface area is 139 Å². The van der Waals surface area contributed by atoms with E-state index in [1.54, 1.807) is 24.3 Å². The van der Waals surface area contributed by atoms with E-state index in [1.807, 2.05) is 0 Å². The molecule has 24 heavy (non-hydrogen) atoms. The maximum Gasteiger partial charge on any atom is 0.408 e. The van der Waals surface area contributed by atoms with E-state index in [4.69, 9.17) is 4.74 Å². The van der Waals surface area contributed by atoms with E-state index in [0.717, 1.165) is 23.7 Å². The van der Waals surface area contributed by atoms with Crippen LogP contribution in [0.2, 0.25) is 0 Å². The molecule has 1 atom stereocenters. The van der Waals surface area contributed by atoms with Crippen LogP contribution in [0.15, 0.2) is 24.3 Å². The van der Waals surface area contributed by atoms with Crippen molar-refractivity contribution in [3.63, 3.8) is 0 Å². The largest absolute Gasteiger partial charge is 0.408 e. The van der Waals surface area contributed by atoms with Gasteiger partial charge in [0.25, 0.3) is 5.91 Å². The van der Waals surface area contributed by atoms with Crippen molar-refractivity contribution in [2.24, 2.45) is 0 Å². The van der Waals surface area contributed by atoms with Gasteiger partial charge in [0.15, 0.2) is 0 Å². The highest BCUT2D eigenvalue weighted by atomic mass is 19.4. The third kappa shape index (κ3) is 3.66. The summed E-state index contributed by atoms with van der Waals surface area (Å²) in [4.78, 5) is 15.7. The van der Waals surface area contributed by atoms with Crippen LogP contribution in [0.4, 0.5) is 18.9 Å². The minimum atomic E-state index is -4.37. The molecule has 4 nitrogen and oxygen atoms in total. The molecule has 0 N–H and O–H groups in total. The van der Waals surface area contributed by atoms with Crippen LogP contribution in [-0.4, -0.2) is 55.9 Å². The number of anilines is 1. The number of hydrogen-bond donors (Lipinski definition) is 0. The molecule has 132 valence electrons. The molecule has 0 aromatic heterocycles. The standard InChI is InChI=1S/C17H21F3N2O2/c18-17(19,20)15-3-1-2-8-22(15)16(23)13-4-6-14(7-5-13)21-9-11-24-12-10-21/h4-7,15H,1-3,8-12H2. The molecular weight excluding hydrogens is 321 g/mol. The molecule has 1 amide bonds. The fourth-order valence-electron chi connectivity index (χ4n) is 3.32. The van der Waals surface area contributed by atoms with Gasteiger partial charge in [-0.25, -0.2) is 0 Å². The van der Waals surface area contributed by atoms with Gasteiger partial charge in [0.1, 0.15) is 6.04 Å². The smallest absolute Gasteiger partial charge is 0.378 e. The summed E-state index contributed by atoms with van der Waals surface area (Å²) >= 11 is 0. The van der Waals surface area contributed by atoms with Gasteiger partial charge in [-0.2, -0.15) is 13.2 Å². The monoisotopic (exact) mass is 342 g/mol. The second-order valence-electron chi connectivity index (χ2n) is 6.20. The zero-order valence-electron chi connectivity index (χ0n) is 13.4. The number of carbonyl (C=O) groups is 1. The van der Waals surface area contributed by atoms with Crippen molar-refractivity contribution in [1.82, 2.24) is 4.90 Å². The summed E-state index contributed by atoms with van der Waals surface area (Å²) in [7, 11) is 0. The minimum absolute atomic E-state index is 0.0128. The number of amides is 1. The molecule has 1 unspecified atom stereocenters. The molecule has 0 saturated carbocycles. The third-order valence-corrected chi connectivity index (χ3v) is 4.63. The van der Waals surface area contributed by atoms with Gasteiger partial charge in [0.05, 0.1) is 13.2 Å². The Morgan fingerprint density at radius 2 is 1.71 bits per heavy atom. The highest BCUT2D eigenvalue weighted by molar-refractivity contribution is 5.95. The molecule has 3 rings (SSSR count). The highest BCUT2D eigenvalue weighted by Crippen LogP contribution is 2.33. The maximum atomic E-state index is 13.2. The maximum absolute atomic E-state index is 13.2. The van der Waals surface area contributed by atoms with E-state index in [9.17, 15) is 18.0 Å². The van der Waals surface area contributed by atoms with Crippen LogP contribution in [0.25, 0.3) is 0 Å². The number of likely N-dealkylation sites (tertiary alicyclic amines) is 1. The molecule has 0 spiro atoms. The molecule has 0 radical (unpaired) electrons. The van der Waals surface area contributed by atoms with Gasteiger partial charge in [0, 0.05) is 30.9 Å². The van der Waals surface area contributed by atoms with Crippen molar-refractivity contribution >= 4 is 11.6 Å². The Balaban J connectivity index is 1.74. The first-order valence-corrected chi connectivity index (χ1v) is 8.27. The fraction of sp³-hybridized carbons (Fsp3) is 0.588. The summed E-state index contributed by atoms with van der Waals surface area (Å²) < 4.78 is 44.8. The summed E-state index contributed by atoms with van der Waals surface area (Å²) in [5, 5.41) is 0. The number of ether oxygens (including phenoxy) is 1. The summed E-state index contributed by atoms with van der Waals surface area (Å²) in [5.74, 6) is -0.537. The van der Waals surface area contributed by atoms with Crippen LogP contribution in [-0.2, 0) is 4.74 Å². The quantitative estimate of drug-likeness (QED) is 0.828. The predicted octanol–water partition coefficient (Wildman–Crippen LogP) is 3.08. The number of morpholine rings is 1. The first-order chi connectivity index (χ1) is 11.5. The average molecular weight is 342 g/mol. The molecular formula is C17H21F3N2O2. The van der Waals surface area contributed by atoms with Crippen molar-refractivity contribution in [3.05, 3.63) is 29.8 Å². The predicted molar refractivity (Wildman–Crippen MR) is 84.2 cm³/mol. The molecule has 1 aromatic carbocycles. The molecule has 2 fully saturated rings. The summed E-state index contributed by atoms with van der Waals surface area (Å²) in [6.45, 7) is 3.02. The molecule has 0 aliphatic carbocycles. The summed E-state index contributed by atoms with van der Waals surface area (Å²) in [5.41, 5.74) is 1.27. The van der Waals surface area contributed by atoms with E-state index >= 15 is 0 Å². The number of alkyl halides is 3. The van der Waals surface area contributed by atoms with Gasteiger partial charge in [0.2, 0.25) is 0 Å². The van der Waals surface area contributed by atoms with E-state index in [1.165, 1.54) is 0 Å². The summed E-state index contributed by atoms with van der Waals surface area (Å²) in [6, 6.07) is 5.17. The lowest BCUT2D eigenvalue weighted by Crippen LogP contribution is -2.51. The van der Waals surface area contributed by atoms with Crippen molar-refractivity contribution in [1.29, 1.82) is 0 Å². The number of carbonyl (C=O) groups excluding carboxylic acids is 1. The number of nitrogens with zero attached hydrogens (tertiary/aromatic N) is 2. The Bertz CT molecular complexity index is 568. The Morgan fingerprint density at radius 3 is 2.33 bits per heavy atom. The first kappa shape index (κ1) is 17.1. The summed E-state index contributed by atoms with van der Waals surface area (Å²) in [6.07, 6.45) is -3.26. The number of halogens is 3. The van der Waals surface area contributed by atoms with Crippen molar-refractivity contribution < 1.29 is 22.7 Å². The van der Waals surface area contributed by atoms with Gasteiger partial charge >= 0.3 is 6.18 Å². The molecule has 1 aromatic rings. The lowest BCUT2D eigenvalue weighted by molar-refractivity contribution is -0.183. The second-order valence-corrected chi connectivity index (χ2v) is 6.20. The zero-order valence-corrected chi connectivity index (χ0v) is 13.4. The molecule has 2 aliphatic rings. The molecule has 2 saturated heterocycles. The van der Waals surface area contributed by atoms with Gasteiger partial charge in [-0.05, 0) is 43.5 Å².